The molecule has 0 aliphatic rings. The summed E-state index contributed by atoms with van der Waals surface area (Å²) in [6, 6.07) is 33.6. The number of nitrogens with zero attached hydrogens (tertiary/aromatic N) is 2. The molecule has 0 aliphatic carbocycles. The molecule has 1 amide bonds. The summed E-state index contributed by atoms with van der Waals surface area (Å²) in [5.74, 6) is -0.263. The van der Waals surface area contributed by atoms with Gasteiger partial charge in [-0.25, -0.2) is 8.42 Å². The largest absolute Gasteiger partial charge is 0.333 e. The van der Waals surface area contributed by atoms with Crippen molar-refractivity contribution in [3.8, 4) is 0 Å². The molecule has 0 aliphatic heterocycles. The molecule has 4 aromatic rings. The fourth-order valence-electron chi connectivity index (χ4n) is 3.97. The lowest BCUT2D eigenvalue weighted by Crippen LogP contribution is -2.42. The Morgan fingerprint density at radius 3 is 1.68 bits per heavy atom. The van der Waals surface area contributed by atoms with E-state index in [1.165, 1.54) is 4.31 Å². The SMILES string of the molecule is Cc1ccc(CN(CC(=O)N(Cc2ccccc2)Cc2ccccc2)S(=O)(=O)c2ccc(Br)cc2)cc1. The summed E-state index contributed by atoms with van der Waals surface area (Å²) in [5, 5.41) is 0. The minimum atomic E-state index is -3.94. The van der Waals surface area contributed by atoms with Crippen LogP contribution < -0.4 is 0 Å². The average Bonchev–Trinajstić information content (AvgIpc) is 2.90. The van der Waals surface area contributed by atoms with Crippen LogP contribution in [0.3, 0.4) is 0 Å². The number of benzene rings is 4. The predicted octanol–water partition coefficient (Wildman–Crippen LogP) is 6.18. The second-order valence-corrected chi connectivity index (χ2v) is 11.8. The van der Waals surface area contributed by atoms with Gasteiger partial charge in [0.15, 0.2) is 0 Å². The van der Waals surface area contributed by atoms with Gasteiger partial charge >= 0.3 is 0 Å². The van der Waals surface area contributed by atoms with Gasteiger partial charge in [-0.05, 0) is 47.9 Å². The maximum atomic E-state index is 13.8. The third-order valence-corrected chi connectivity index (χ3v) is 8.36. The zero-order valence-electron chi connectivity index (χ0n) is 20.6. The number of carbonyl (C=O) groups excluding carboxylic acids is 1. The lowest BCUT2D eigenvalue weighted by atomic mass is 10.1. The summed E-state index contributed by atoms with van der Waals surface area (Å²) >= 11 is 3.36. The van der Waals surface area contributed by atoms with Crippen LogP contribution >= 0.6 is 15.9 Å². The van der Waals surface area contributed by atoms with Crippen molar-refractivity contribution in [1.29, 1.82) is 0 Å². The Morgan fingerprint density at radius 1 is 0.676 bits per heavy atom. The first-order chi connectivity index (χ1) is 17.8. The normalized spacial score (nSPS) is 11.4. The molecule has 7 heteroatoms. The van der Waals surface area contributed by atoms with Gasteiger partial charge in [0.05, 0.1) is 11.4 Å². The standard InChI is InChI=1S/C30H29BrN2O3S/c1-24-12-14-27(15-13-24)22-33(37(35,36)29-18-16-28(31)17-19-29)23-30(34)32(20-25-8-4-2-5-9-25)21-26-10-6-3-7-11-26/h2-19H,20-23H2,1H3. The number of aryl methyl sites for hydroxylation is 1. The van der Waals surface area contributed by atoms with Crippen LogP contribution in [0.5, 0.6) is 0 Å². The van der Waals surface area contributed by atoms with Crippen LogP contribution in [0.4, 0.5) is 0 Å². The highest BCUT2D eigenvalue weighted by molar-refractivity contribution is 9.10. The summed E-state index contributed by atoms with van der Waals surface area (Å²) in [4.78, 5) is 15.6. The fourth-order valence-corrected chi connectivity index (χ4v) is 5.61. The van der Waals surface area contributed by atoms with Gasteiger partial charge in [0.2, 0.25) is 15.9 Å². The molecule has 0 unspecified atom stereocenters. The summed E-state index contributed by atoms with van der Waals surface area (Å²) in [7, 11) is -3.94. The number of rotatable bonds is 10. The van der Waals surface area contributed by atoms with E-state index in [2.05, 4.69) is 15.9 Å². The van der Waals surface area contributed by atoms with Crippen molar-refractivity contribution in [2.75, 3.05) is 6.54 Å². The molecule has 0 fully saturated rings. The molecule has 0 saturated carbocycles. The molecule has 4 aromatic carbocycles. The third-order valence-electron chi connectivity index (χ3n) is 6.03. The highest BCUT2D eigenvalue weighted by atomic mass is 79.9. The molecular formula is C30H29BrN2O3S. The number of amides is 1. The minimum absolute atomic E-state index is 0.0922. The van der Waals surface area contributed by atoms with Gasteiger partial charge in [-0.15, -0.1) is 0 Å². The molecule has 37 heavy (non-hydrogen) atoms. The maximum Gasteiger partial charge on any atom is 0.243 e. The fraction of sp³-hybridized carbons (Fsp3) is 0.167. The summed E-state index contributed by atoms with van der Waals surface area (Å²) < 4.78 is 29.5. The van der Waals surface area contributed by atoms with E-state index >= 15 is 0 Å². The molecule has 0 atom stereocenters. The van der Waals surface area contributed by atoms with Gasteiger partial charge in [0.25, 0.3) is 0 Å². The highest BCUT2D eigenvalue weighted by Gasteiger charge is 2.29. The van der Waals surface area contributed by atoms with E-state index in [9.17, 15) is 13.2 Å². The molecule has 0 heterocycles. The van der Waals surface area contributed by atoms with Crippen LogP contribution in [0.15, 0.2) is 119 Å². The summed E-state index contributed by atoms with van der Waals surface area (Å²) in [6.45, 7) is 2.56. The van der Waals surface area contributed by atoms with Crippen molar-refractivity contribution >= 4 is 31.9 Å². The monoisotopic (exact) mass is 576 g/mol. The Balaban J connectivity index is 1.65. The van der Waals surface area contributed by atoms with Crippen LogP contribution in [0.1, 0.15) is 22.3 Å². The van der Waals surface area contributed by atoms with Crippen LogP contribution in [0, 0.1) is 6.92 Å². The Bertz CT molecular complexity index is 1370. The topological polar surface area (TPSA) is 57.7 Å². The van der Waals surface area contributed by atoms with E-state index in [0.29, 0.717) is 13.1 Å². The van der Waals surface area contributed by atoms with Crippen LogP contribution in [-0.2, 0) is 34.5 Å². The molecule has 0 spiro atoms. The number of hydrogen-bond donors (Lipinski definition) is 0. The van der Waals surface area contributed by atoms with Crippen molar-refractivity contribution < 1.29 is 13.2 Å². The quantitative estimate of drug-likeness (QED) is 0.226. The van der Waals surface area contributed by atoms with Crippen LogP contribution in [-0.4, -0.2) is 30.1 Å². The number of sulfonamides is 1. The molecule has 4 rings (SSSR count). The minimum Gasteiger partial charge on any atom is -0.333 e. The van der Waals surface area contributed by atoms with Gasteiger partial charge < -0.3 is 4.90 Å². The molecule has 0 radical (unpaired) electrons. The lowest BCUT2D eigenvalue weighted by molar-refractivity contribution is -0.132. The lowest BCUT2D eigenvalue weighted by Gasteiger charge is -2.28. The van der Waals surface area contributed by atoms with E-state index < -0.39 is 10.0 Å². The maximum absolute atomic E-state index is 13.8. The van der Waals surface area contributed by atoms with Gasteiger partial charge in [-0.1, -0.05) is 106 Å². The van der Waals surface area contributed by atoms with E-state index in [-0.39, 0.29) is 23.9 Å². The Kier molecular flexibility index (Phi) is 8.92. The number of halogens is 1. The van der Waals surface area contributed by atoms with Crippen molar-refractivity contribution in [3.63, 3.8) is 0 Å². The van der Waals surface area contributed by atoms with E-state index in [4.69, 9.17) is 0 Å². The van der Waals surface area contributed by atoms with Crippen molar-refractivity contribution in [1.82, 2.24) is 9.21 Å². The van der Waals surface area contributed by atoms with Gasteiger partial charge in [-0.2, -0.15) is 4.31 Å². The molecule has 0 aromatic heterocycles. The molecule has 190 valence electrons. The summed E-state index contributed by atoms with van der Waals surface area (Å²) in [6.07, 6.45) is 0. The first-order valence-corrected chi connectivity index (χ1v) is 14.2. The third kappa shape index (κ3) is 7.38. The zero-order chi connectivity index (χ0) is 26.3. The van der Waals surface area contributed by atoms with E-state index in [0.717, 1.165) is 26.7 Å². The van der Waals surface area contributed by atoms with Crippen LogP contribution in [0.2, 0.25) is 0 Å². The Labute approximate surface area is 227 Å². The van der Waals surface area contributed by atoms with Crippen molar-refractivity contribution in [2.24, 2.45) is 0 Å². The molecular weight excluding hydrogens is 548 g/mol. The van der Waals surface area contributed by atoms with Gasteiger partial charge in [0.1, 0.15) is 0 Å². The average molecular weight is 578 g/mol. The smallest absolute Gasteiger partial charge is 0.243 e. The van der Waals surface area contributed by atoms with Gasteiger partial charge in [-0.3, -0.25) is 4.79 Å². The zero-order valence-corrected chi connectivity index (χ0v) is 23.0. The molecule has 5 nitrogen and oxygen atoms in total. The first kappa shape index (κ1) is 26.8. The molecule has 0 saturated heterocycles. The number of hydrogen-bond acceptors (Lipinski definition) is 3. The Hall–Kier alpha value is -3.26. The number of carbonyl (C=O) groups is 1. The predicted molar refractivity (Wildman–Crippen MR) is 150 cm³/mol. The van der Waals surface area contributed by atoms with E-state index in [1.807, 2.05) is 91.9 Å². The van der Waals surface area contributed by atoms with Crippen molar-refractivity contribution in [3.05, 3.63) is 136 Å². The molecule has 0 N–H and O–H groups in total. The Morgan fingerprint density at radius 2 is 1.16 bits per heavy atom. The first-order valence-electron chi connectivity index (χ1n) is 12.0. The van der Waals surface area contributed by atoms with E-state index in [1.54, 1.807) is 29.2 Å². The second kappa shape index (κ2) is 12.3. The summed E-state index contributed by atoms with van der Waals surface area (Å²) in [5.41, 5.74) is 3.86. The second-order valence-electron chi connectivity index (χ2n) is 8.93. The molecule has 0 bridgehead atoms. The van der Waals surface area contributed by atoms with Crippen molar-refractivity contribution in [2.45, 2.75) is 31.5 Å². The van der Waals surface area contributed by atoms with Crippen LogP contribution in [0.25, 0.3) is 0 Å². The highest BCUT2D eigenvalue weighted by Crippen LogP contribution is 2.22. The van der Waals surface area contributed by atoms with Gasteiger partial charge in [0, 0.05) is 24.1 Å².